The Morgan fingerprint density at radius 1 is 1.60 bits per heavy atom. The van der Waals surface area contributed by atoms with Crippen LogP contribution >= 0.6 is 0 Å². The first kappa shape index (κ1) is 11.1. The molecule has 0 atom stereocenters. The largest absolute Gasteiger partial charge is 0.352 e. The zero-order chi connectivity index (χ0) is 11.1. The maximum atomic E-state index is 11.4. The number of H-pyrrole nitrogens is 1. The van der Waals surface area contributed by atoms with Gasteiger partial charge in [-0.3, -0.25) is 9.59 Å². The highest BCUT2D eigenvalue weighted by Crippen LogP contribution is 1.90. The lowest BCUT2D eigenvalue weighted by molar-refractivity contribution is 0.0952. The second-order valence-corrected chi connectivity index (χ2v) is 2.98. The van der Waals surface area contributed by atoms with E-state index in [-0.39, 0.29) is 17.0 Å². The van der Waals surface area contributed by atoms with E-state index in [0.717, 1.165) is 0 Å². The van der Waals surface area contributed by atoms with Crippen molar-refractivity contribution in [3.8, 4) is 12.3 Å². The van der Waals surface area contributed by atoms with Gasteiger partial charge in [0.15, 0.2) is 0 Å². The van der Waals surface area contributed by atoms with Crippen LogP contribution < -0.4 is 10.9 Å². The number of pyridine rings is 1. The molecule has 0 saturated heterocycles. The Labute approximate surface area is 87.7 Å². The van der Waals surface area contributed by atoms with Crippen LogP contribution in [0.4, 0.5) is 0 Å². The first-order valence-electron chi connectivity index (χ1n) is 4.65. The van der Waals surface area contributed by atoms with Gasteiger partial charge in [0, 0.05) is 19.2 Å². The smallest absolute Gasteiger partial charge is 0.260 e. The van der Waals surface area contributed by atoms with Gasteiger partial charge in [0.05, 0.1) is 0 Å². The van der Waals surface area contributed by atoms with Crippen molar-refractivity contribution < 1.29 is 4.79 Å². The van der Waals surface area contributed by atoms with Gasteiger partial charge in [-0.1, -0.05) is 0 Å². The lowest BCUT2D eigenvalue weighted by atomic mass is 10.2. The number of hydrogen-bond donors (Lipinski definition) is 2. The van der Waals surface area contributed by atoms with Crippen LogP contribution in [0.2, 0.25) is 0 Å². The topological polar surface area (TPSA) is 62.0 Å². The third-order valence-corrected chi connectivity index (χ3v) is 1.85. The summed E-state index contributed by atoms with van der Waals surface area (Å²) in [5, 5.41) is 2.62. The van der Waals surface area contributed by atoms with Gasteiger partial charge < -0.3 is 10.3 Å². The summed E-state index contributed by atoms with van der Waals surface area (Å²) in [5.41, 5.74) is -0.259. The van der Waals surface area contributed by atoms with Crippen molar-refractivity contribution in [2.45, 2.75) is 12.8 Å². The van der Waals surface area contributed by atoms with E-state index < -0.39 is 0 Å². The van der Waals surface area contributed by atoms with Gasteiger partial charge in [-0.2, -0.15) is 0 Å². The average molecular weight is 204 g/mol. The maximum Gasteiger partial charge on any atom is 0.260 e. The fourth-order valence-electron chi connectivity index (χ4n) is 1.09. The molecule has 0 aliphatic rings. The Balaban J connectivity index is 2.52. The van der Waals surface area contributed by atoms with Crippen molar-refractivity contribution in [2.24, 2.45) is 0 Å². The summed E-state index contributed by atoms with van der Waals surface area (Å²) in [7, 11) is 0. The van der Waals surface area contributed by atoms with Crippen LogP contribution in [0.25, 0.3) is 0 Å². The van der Waals surface area contributed by atoms with Gasteiger partial charge in [-0.25, -0.2) is 0 Å². The number of nitrogens with one attached hydrogen (secondary N) is 2. The standard InChI is InChI=1S/C11H12N2O2/c1-2-3-4-7-12-10(14)9-6-5-8-13-11(9)15/h1,5-6,8H,3-4,7H2,(H,12,14)(H,13,15). The molecule has 0 spiro atoms. The van der Waals surface area contributed by atoms with Crippen LogP contribution in [-0.4, -0.2) is 17.4 Å². The number of terminal acetylenes is 1. The van der Waals surface area contributed by atoms with Crippen LogP contribution in [0.15, 0.2) is 23.1 Å². The molecule has 0 saturated carbocycles. The van der Waals surface area contributed by atoms with E-state index in [2.05, 4.69) is 16.2 Å². The minimum atomic E-state index is -0.382. The molecule has 0 fully saturated rings. The molecule has 2 N–H and O–H groups in total. The maximum absolute atomic E-state index is 11.4. The van der Waals surface area contributed by atoms with Crippen molar-refractivity contribution in [1.29, 1.82) is 0 Å². The van der Waals surface area contributed by atoms with E-state index in [1.165, 1.54) is 12.3 Å². The highest BCUT2D eigenvalue weighted by Gasteiger charge is 2.07. The lowest BCUT2D eigenvalue weighted by Crippen LogP contribution is -2.29. The van der Waals surface area contributed by atoms with Crippen LogP contribution in [0, 0.1) is 12.3 Å². The van der Waals surface area contributed by atoms with Gasteiger partial charge in [0.25, 0.3) is 11.5 Å². The minimum absolute atomic E-state index is 0.123. The fraction of sp³-hybridized carbons (Fsp3) is 0.273. The van der Waals surface area contributed by atoms with Gasteiger partial charge >= 0.3 is 0 Å². The quantitative estimate of drug-likeness (QED) is 0.554. The third kappa shape index (κ3) is 3.31. The SMILES string of the molecule is C#CCCCNC(=O)c1ccc[nH]c1=O. The van der Waals surface area contributed by atoms with Crippen LogP contribution in [0.1, 0.15) is 23.2 Å². The van der Waals surface area contributed by atoms with Crippen LogP contribution in [-0.2, 0) is 0 Å². The molecular weight excluding hydrogens is 192 g/mol. The Morgan fingerprint density at radius 3 is 3.07 bits per heavy atom. The predicted octanol–water partition coefficient (Wildman–Crippen LogP) is 0.518. The number of hydrogen-bond acceptors (Lipinski definition) is 2. The zero-order valence-electron chi connectivity index (χ0n) is 8.25. The number of rotatable bonds is 4. The van der Waals surface area contributed by atoms with Gasteiger partial charge in [0.1, 0.15) is 5.56 Å². The fourth-order valence-corrected chi connectivity index (χ4v) is 1.09. The van der Waals surface area contributed by atoms with Crippen molar-refractivity contribution >= 4 is 5.91 Å². The Bertz CT molecular complexity index is 429. The Kier molecular flexibility index (Phi) is 4.17. The molecule has 0 radical (unpaired) electrons. The van der Waals surface area contributed by atoms with E-state index in [9.17, 15) is 9.59 Å². The summed E-state index contributed by atoms with van der Waals surface area (Å²) in [5.74, 6) is 2.11. The molecule has 1 heterocycles. The number of aromatic nitrogens is 1. The first-order chi connectivity index (χ1) is 7.25. The summed E-state index contributed by atoms with van der Waals surface area (Å²) in [6.07, 6.45) is 7.88. The number of aromatic amines is 1. The molecular formula is C11H12N2O2. The molecule has 0 bridgehead atoms. The minimum Gasteiger partial charge on any atom is -0.352 e. The molecule has 0 aliphatic heterocycles. The molecule has 0 aromatic carbocycles. The summed E-state index contributed by atoms with van der Waals surface area (Å²) in [6, 6.07) is 3.09. The van der Waals surface area contributed by atoms with Crippen molar-refractivity contribution in [3.63, 3.8) is 0 Å². The predicted molar refractivity (Wildman–Crippen MR) is 57.5 cm³/mol. The van der Waals surface area contributed by atoms with Crippen molar-refractivity contribution in [2.75, 3.05) is 6.54 Å². The van der Waals surface area contributed by atoms with E-state index >= 15 is 0 Å². The normalized spacial score (nSPS) is 9.27. The van der Waals surface area contributed by atoms with Crippen molar-refractivity contribution in [1.82, 2.24) is 10.3 Å². The third-order valence-electron chi connectivity index (χ3n) is 1.85. The van der Waals surface area contributed by atoms with Gasteiger partial charge in [-0.15, -0.1) is 12.3 Å². The number of amides is 1. The van der Waals surface area contributed by atoms with E-state index in [1.807, 2.05) is 0 Å². The number of carbonyl (C=O) groups is 1. The second-order valence-electron chi connectivity index (χ2n) is 2.98. The summed E-state index contributed by atoms with van der Waals surface area (Å²) in [4.78, 5) is 25.1. The van der Waals surface area contributed by atoms with E-state index in [4.69, 9.17) is 6.42 Å². The first-order valence-corrected chi connectivity index (χ1v) is 4.65. The summed E-state index contributed by atoms with van der Waals surface area (Å²) >= 11 is 0. The molecule has 1 aromatic heterocycles. The molecule has 78 valence electrons. The molecule has 4 heteroatoms. The zero-order valence-corrected chi connectivity index (χ0v) is 8.25. The molecule has 4 nitrogen and oxygen atoms in total. The van der Waals surface area contributed by atoms with E-state index in [1.54, 1.807) is 6.07 Å². The highest BCUT2D eigenvalue weighted by atomic mass is 16.2. The number of unbranched alkanes of at least 4 members (excludes halogenated alkanes) is 1. The Hall–Kier alpha value is -2.02. The number of carbonyl (C=O) groups excluding carboxylic acids is 1. The van der Waals surface area contributed by atoms with Crippen molar-refractivity contribution in [3.05, 3.63) is 34.2 Å². The highest BCUT2D eigenvalue weighted by molar-refractivity contribution is 5.93. The average Bonchev–Trinajstić information content (AvgIpc) is 2.25. The van der Waals surface area contributed by atoms with Gasteiger partial charge in [-0.05, 0) is 18.6 Å². The monoisotopic (exact) mass is 204 g/mol. The van der Waals surface area contributed by atoms with Crippen LogP contribution in [0.5, 0.6) is 0 Å². The molecule has 1 aromatic rings. The summed E-state index contributed by atoms with van der Waals surface area (Å²) < 4.78 is 0. The second kappa shape index (κ2) is 5.66. The molecule has 15 heavy (non-hydrogen) atoms. The molecule has 0 unspecified atom stereocenters. The lowest BCUT2D eigenvalue weighted by Gasteiger charge is -2.02. The summed E-state index contributed by atoms with van der Waals surface area (Å²) in [6.45, 7) is 0.483. The van der Waals surface area contributed by atoms with Crippen LogP contribution in [0.3, 0.4) is 0 Å². The van der Waals surface area contributed by atoms with Gasteiger partial charge in [0.2, 0.25) is 0 Å². The van der Waals surface area contributed by atoms with E-state index in [0.29, 0.717) is 19.4 Å². The molecule has 0 aliphatic carbocycles. The molecule has 1 rings (SSSR count). The Morgan fingerprint density at radius 2 is 2.40 bits per heavy atom. The molecule has 1 amide bonds.